The highest BCUT2D eigenvalue weighted by molar-refractivity contribution is 5.96. The van der Waals surface area contributed by atoms with Crippen LogP contribution in [0.25, 0.3) is 17.2 Å². The molecule has 4 heterocycles. The van der Waals surface area contributed by atoms with Crippen LogP contribution in [0.1, 0.15) is 57.2 Å². The van der Waals surface area contributed by atoms with Crippen molar-refractivity contribution in [1.82, 2.24) is 24.6 Å². The average molecular weight is 392 g/mol. The number of rotatable bonds is 2. The highest BCUT2D eigenvalue weighted by Crippen LogP contribution is 2.42. The maximum Gasteiger partial charge on any atom is 0.325 e. The zero-order valence-electron chi connectivity index (χ0n) is 16.9. The molecule has 1 fully saturated rings. The maximum atomic E-state index is 13.4. The van der Waals surface area contributed by atoms with Gasteiger partial charge in [0.2, 0.25) is 11.7 Å². The van der Waals surface area contributed by atoms with Crippen LogP contribution in [0.4, 0.5) is 10.5 Å². The Morgan fingerprint density at radius 3 is 2.59 bits per heavy atom. The van der Waals surface area contributed by atoms with Crippen molar-refractivity contribution in [2.75, 3.05) is 18.0 Å². The monoisotopic (exact) mass is 392 g/mol. The quantitative estimate of drug-likeness (QED) is 0.655. The summed E-state index contributed by atoms with van der Waals surface area (Å²) in [7, 11) is 0. The Labute approximate surface area is 169 Å². The Bertz CT molecular complexity index is 1060. The van der Waals surface area contributed by atoms with Gasteiger partial charge in [0.1, 0.15) is 12.0 Å². The van der Waals surface area contributed by atoms with Crippen LogP contribution >= 0.6 is 0 Å². The SMILES string of the molecule is CC(C)c1nc(-c2ncn3c2C(C)N(C(=O)N2CCCC2)c2ccccc2-3)no1. The van der Waals surface area contributed by atoms with Crippen molar-refractivity contribution >= 4 is 11.7 Å². The zero-order chi connectivity index (χ0) is 20.1. The van der Waals surface area contributed by atoms with Crippen molar-refractivity contribution in [3.8, 4) is 17.2 Å². The summed E-state index contributed by atoms with van der Waals surface area (Å²) in [4.78, 5) is 26.4. The number of likely N-dealkylation sites (tertiary alicyclic amines) is 1. The van der Waals surface area contributed by atoms with E-state index in [1.165, 1.54) is 0 Å². The number of benzene rings is 1. The van der Waals surface area contributed by atoms with Gasteiger partial charge in [-0.1, -0.05) is 31.1 Å². The van der Waals surface area contributed by atoms with Crippen molar-refractivity contribution in [1.29, 1.82) is 0 Å². The zero-order valence-corrected chi connectivity index (χ0v) is 16.9. The molecule has 1 atom stereocenters. The molecule has 0 spiro atoms. The number of hydrogen-bond acceptors (Lipinski definition) is 5. The first kappa shape index (κ1) is 17.9. The number of fused-ring (bicyclic) bond motifs is 3. The van der Waals surface area contributed by atoms with Crippen molar-refractivity contribution in [2.45, 2.75) is 45.6 Å². The van der Waals surface area contributed by atoms with Gasteiger partial charge >= 0.3 is 6.03 Å². The molecule has 0 N–H and O–H groups in total. The Hall–Kier alpha value is -3.16. The number of para-hydroxylation sites is 2. The molecule has 150 valence electrons. The second-order valence-corrected chi connectivity index (χ2v) is 7.97. The van der Waals surface area contributed by atoms with E-state index in [0.717, 1.165) is 43.0 Å². The van der Waals surface area contributed by atoms with E-state index in [0.29, 0.717) is 17.4 Å². The summed E-state index contributed by atoms with van der Waals surface area (Å²) in [6.07, 6.45) is 3.89. The summed E-state index contributed by atoms with van der Waals surface area (Å²) in [6, 6.07) is 7.77. The minimum absolute atomic E-state index is 0.0387. The number of nitrogens with zero attached hydrogens (tertiary/aromatic N) is 6. The minimum atomic E-state index is -0.212. The summed E-state index contributed by atoms with van der Waals surface area (Å²) in [5, 5.41) is 4.15. The Balaban J connectivity index is 1.64. The van der Waals surface area contributed by atoms with Crippen molar-refractivity contribution in [3.05, 3.63) is 42.2 Å². The van der Waals surface area contributed by atoms with E-state index in [2.05, 4.69) is 15.1 Å². The third kappa shape index (κ3) is 2.73. The van der Waals surface area contributed by atoms with E-state index in [-0.39, 0.29) is 18.0 Å². The van der Waals surface area contributed by atoms with Crippen LogP contribution in [-0.4, -0.2) is 43.7 Å². The molecule has 1 aromatic carbocycles. The fraction of sp³-hybridized carbons (Fsp3) is 0.429. The van der Waals surface area contributed by atoms with Crippen LogP contribution in [0.15, 0.2) is 35.1 Å². The van der Waals surface area contributed by atoms with E-state index < -0.39 is 0 Å². The summed E-state index contributed by atoms with van der Waals surface area (Å²) in [5.41, 5.74) is 3.37. The summed E-state index contributed by atoms with van der Waals surface area (Å²) in [5.74, 6) is 1.18. The Kier molecular flexibility index (Phi) is 4.15. The van der Waals surface area contributed by atoms with Crippen LogP contribution < -0.4 is 4.90 Å². The van der Waals surface area contributed by atoms with Crippen molar-refractivity contribution < 1.29 is 9.32 Å². The molecule has 29 heavy (non-hydrogen) atoms. The van der Waals surface area contributed by atoms with Gasteiger partial charge in [0.25, 0.3) is 0 Å². The van der Waals surface area contributed by atoms with E-state index in [1.807, 2.05) is 59.4 Å². The fourth-order valence-electron chi connectivity index (χ4n) is 4.22. The highest BCUT2D eigenvalue weighted by atomic mass is 16.5. The van der Waals surface area contributed by atoms with Gasteiger partial charge in [0.05, 0.1) is 23.1 Å². The Morgan fingerprint density at radius 1 is 1.17 bits per heavy atom. The molecular weight excluding hydrogens is 368 g/mol. The van der Waals surface area contributed by atoms with Gasteiger partial charge in [0, 0.05) is 19.0 Å². The number of aromatic nitrogens is 4. The van der Waals surface area contributed by atoms with Gasteiger partial charge in [-0.05, 0) is 31.9 Å². The number of imidazole rings is 1. The van der Waals surface area contributed by atoms with Crippen LogP contribution in [-0.2, 0) is 0 Å². The molecule has 2 amide bonds. The highest BCUT2D eigenvalue weighted by Gasteiger charge is 2.38. The Morgan fingerprint density at radius 2 is 1.90 bits per heavy atom. The van der Waals surface area contributed by atoms with E-state index in [9.17, 15) is 4.79 Å². The van der Waals surface area contributed by atoms with Crippen LogP contribution in [0.5, 0.6) is 0 Å². The topological polar surface area (TPSA) is 80.3 Å². The third-order valence-corrected chi connectivity index (χ3v) is 5.72. The molecule has 8 nitrogen and oxygen atoms in total. The van der Waals surface area contributed by atoms with E-state index >= 15 is 0 Å². The first-order chi connectivity index (χ1) is 14.1. The smallest absolute Gasteiger partial charge is 0.325 e. The molecule has 5 rings (SSSR count). The second kappa shape index (κ2) is 6.72. The lowest BCUT2D eigenvalue weighted by Crippen LogP contribution is -2.45. The molecule has 2 aliphatic heterocycles. The first-order valence-corrected chi connectivity index (χ1v) is 10.1. The predicted octanol–water partition coefficient (Wildman–Crippen LogP) is 4.14. The number of carbonyl (C=O) groups excluding carboxylic acids is 1. The standard InChI is InChI=1S/C21H24N6O2/c1-13(2)20-23-19(24-29-20)17-18-14(3)27(21(28)25-10-6-7-11-25)16-9-5-4-8-15(16)26(18)12-22-17/h4-5,8-9,12-14H,6-7,10-11H2,1-3H3. The van der Waals surface area contributed by atoms with Gasteiger partial charge < -0.3 is 9.42 Å². The maximum absolute atomic E-state index is 13.4. The van der Waals surface area contributed by atoms with Gasteiger partial charge in [-0.15, -0.1) is 0 Å². The lowest BCUT2D eigenvalue weighted by molar-refractivity contribution is 0.213. The van der Waals surface area contributed by atoms with Gasteiger partial charge in [-0.25, -0.2) is 9.78 Å². The molecule has 0 aliphatic carbocycles. The molecule has 0 saturated carbocycles. The summed E-state index contributed by atoms with van der Waals surface area (Å²) < 4.78 is 7.44. The normalized spacial score (nSPS) is 18.3. The molecule has 2 aromatic heterocycles. The summed E-state index contributed by atoms with van der Waals surface area (Å²) >= 11 is 0. The van der Waals surface area contributed by atoms with Crippen LogP contribution in [0.3, 0.4) is 0 Å². The van der Waals surface area contributed by atoms with Crippen LogP contribution in [0.2, 0.25) is 0 Å². The lowest BCUT2D eigenvalue weighted by Gasteiger charge is -2.38. The number of anilines is 1. The third-order valence-electron chi connectivity index (χ3n) is 5.72. The van der Waals surface area contributed by atoms with Crippen molar-refractivity contribution in [2.24, 2.45) is 0 Å². The molecular formula is C21H24N6O2. The average Bonchev–Trinajstić information content (AvgIpc) is 3.47. The number of urea groups is 1. The first-order valence-electron chi connectivity index (χ1n) is 10.1. The lowest BCUT2D eigenvalue weighted by atomic mass is 10.1. The largest absolute Gasteiger partial charge is 0.339 e. The predicted molar refractivity (Wildman–Crippen MR) is 108 cm³/mol. The summed E-state index contributed by atoms with van der Waals surface area (Å²) in [6.45, 7) is 7.66. The van der Waals surface area contributed by atoms with Crippen LogP contribution in [0, 0.1) is 0 Å². The molecule has 3 aromatic rings. The van der Waals surface area contributed by atoms with Crippen molar-refractivity contribution in [3.63, 3.8) is 0 Å². The second-order valence-electron chi connectivity index (χ2n) is 7.97. The number of carbonyl (C=O) groups is 1. The number of hydrogen-bond donors (Lipinski definition) is 0. The molecule has 0 radical (unpaired) electrons. The fourth-order valence-corrected chi connectivity index (χ4v) is 4.22. The van der Waals surface area contributed by atoms with E-state index in [4.69, 9.17) is 4.52 Å². The molecule has 8 heteroatoms. The minimum Gasteiger partial charge on any atom is -0.339 e. The number of amides is 2. The van der Waals surface area contributed by atoms with Gasteiger partial charge in [0.15, 0.2) is 0 Å². The molecule has 2 aliphatic rings. The molecule has 0 bridgehead atoms. The van der Waals surface area contributed by atoms with Gasteiger partial charge in [-0.2, -0.15) is 4.98 Å². The molecule has 1 saturated heterocycles. The molecule has 1 unspecified atom stereocenters. The van der Waals surface area contributed by atoms with Gasteiger partial charge in [-0.3, -0.25) is 9.47 Å². The van der Waals surface area contributed by atoms with E-state index in [1.54, 1.807) is 6.33 Å².